The van der Waals surface area contributed by atoms with Gasteiger partial charge in [-0.3, -0.25) is 0 Å². The Hall–Kier alpha value is -1.84. The van der Waals surface area contributed by atoms with E-state index in [0.29, 0.717) is 18.2 Å². The fraction of sp³-hybridized carbons (Fsp3) is 0.308. The van der Waals surface area contributed by atoms with Gasteiger partial charge in [-0.2, -0.15) is 0 Å². The first-order valence-corrected chi connectivity index (χ1v) is 5.85. The van der Waals surface area contributed by atoms with Crippen molar-refractivity contribution in [2.24, 2.45) is 0 Å². The number of aromatic nitrogens is 2. The van der Waals surface area contributed by atoms with Gasteiger partial charge in [0, 0.05) is 30.5 Å². The van der Waals surface area contributed by atoms with Crippen LogP contribution < -0.4 is 5.32 Å². The van der Waals surface area contributed by atoms with E-state index < -0.39 is 0 Å². The van der Waals surface area contributed by atoms with E-state index in [1.54, 1.807) is 18.3 Å². The van der Waals surface area contributed by atoms with Crippen LogP contribution in [0, 0.1) is 5.82 Å². The van der Waals surface area contributed by atoms with Crippen LogP contribution in [0.1, 0.15) is 24.4 Å². The standard InChI is InChI=1S/C13H14FN3/c14-12-4-2-1-3-10(12)9-16-13-15-7-8-17(13)11-5-6-11/h1-4,7-8,11H,5-6,9H2,(H,15,16). The van der Waals surface area contributed by atoms with Crippen LogP contribution in [0.5, 0.6) is 0 Å². The van der Waals surface area contributed by atoms with Gasteiger partial charge in [-0.25, -0.2) is 9.37 Å². The van der Waals surface area contributed by atoms with Crippen LogP contribution in [0.4, 0.5) is 10.3 Å². The van der Waals surface area contributed by atoms with Gasteiger partial charge < -0.3 is 9.88 Å². The molecule has 1 aliphatic rings. The minimum atomic E-state index is -0.176. The van der Waals surface area contributed by atoms with Crippen LogP contribution in [0.3, 0.4) is 0 Å². The number of hydrogen-bond donors (Lipinski definition) is 1. The Kier molecular flexibility index (Phi) is 2.55. The van der Waals surface area contributed by atoms with Gasteiger partial charge in [0.2, 0.25) is 5.95 Å². The SMILES string of the molecule is Fc1ccccc1CNc1nccn1C1CC1. The Balaban J connectivity index is 1.71. The second kappa shape index (κ2) is 4.20. The number of nitrogens with one attached hydrogen (secondary N) is 1. The van der Waals surface area contributed by atoms with Crippen molar-refractivity contribution in [2.75, 3.05) is 5.32 Å². The highest BCUT2D eigenvalue weighted by Crippen LogP contribution is 2.36. The molecule has 88 valence electrons. The molecule has 2 aromatic rings. The van der Waals surface area contributed by atoms with Crippen LogP contribution in [-0.4, -0.2) is 9.55 Å². The monoisotopic (exact) mass is 231 g/mol. The van der Waals surface area contributed by atoms with E-state index in [-0.39, 0.29) is 5.82 Å². The molecule has 1 aliphatic carbocycles. The molecular formula is C13H14FN3. The fourth-order valence-corrected chi connectivity index (χ4v) is 1.91. The van der Waals surface area contributed by atoms with Crippen molar-refractivity contribution in [3.8, 4) is 0 Å². The van der Waals surface area contributed by atoms with Crippen molar-refractivity contribution >= 4 is 5.95 Å². The summed E-state index contributed by atoms with van der Waals surface area (Å²) < 4.78 is 15.5. The van der Waals surface area contributed by atoms with Crippen molar-refractivity contribution < 1.29 is 4.39 Å². The summed E-state index contributed by atoms with van der Waals surface area (Å²) in [6.07, 6.45) is 6.18. The molecule has 1 saturated carbocycles. The first-order chi connectivity index (χ1) is 8.34. The molecule has 1 heterocycles. The zero-order valence-electron chi connectivity index (χ0n) is 9.44. The van der Waals surface area contributed by atoms with Gasteiger partial charge in [-0.1, -0.05) is 18.2 Å². The van der Waals surface area contributed by atoms with Gasteiger partial charge in [-0.05, 0) is 18.9 Å². The van der Waals surface area contributed by atoms with Gasteiger partial charge in [-0.15, -0.1) is 0 Å². The van der Waals surface area contributed by atoms with Crippen LogP contribution >= 0.6 is 0 Å². The van der Waals surface area contributed by atoms with E-state index in [1.807, 2.05) is 12.3 Å². The third-order valence-corrected chi connectivity index (χ3v) is 3.00. The van der Waals surface area contributed by atoms with Gasteiger partial charge in [0.15, 0.2) is 0 Å². The van der Waals surface area contributed by atoms with Gasteiger partial charge in [0.1, 0.15) is 5.82 Å². The Morgan fingerprint density at radius 2 is 2.18 bits per heavy atom. The van der Waals surface area contributed by atoms with E-state index in [1.165, 1.54) is 18.9 Å². The maximum atomic E-state index is 13.4. The van der Waals surface area contributed by atoms with Gasteiger partial charge in [0.25, 0.3) is 0 Å². The van der Waals surface area contributed by atoms with Crippen molar-refractivity contribution in [2.45, 2.75) is 25.4 Å². The average molecular weight is 231 g/mol. The second-order valence-corrected chi connectivity index (χ2v) is 4.33. The lowest BCUT2D eigenvalue weighted by Gasteiger charge is -2.09. The van der Waals surface area contributed by atoms with E-state index in [9.17, 15) is 4.39 Å². The molecule has 0 amide bonds. The topological polar surface area (TPSA) is 29.9 Å². The zero-order valence-corrected chi connectivity index (χ0v) is 9.44. The molecule has 0 atom stereocenters. The number of anilines is 1. The smallest absolute Gasteiger partial charge is 0.203 e. The van der Waals surface area contributed by atoms with Crippen molar-refractivity contribution in [1.29, 1.82) is 0 Å². The maximum absolute atomic E-state index is 13.4. The summed E-state index contributed by atoms with van der Waals surface area (Å²) in [5.74, 6) is 0.653. The molecular weight excluding hydrogens is 217 g/mol. The highest BCUT2D eigenvalue weighted by Gasteiger charge is 2.25. The number of rotatable bonds is 4. The highest BCUT2D eigenvalue weighted by atomic mass is 19.1. The predicted octanol–water partition coefficient (Wildman–Crippen LogP) is 2.97. The fourth-order valence-electron chi connectivity index (χ4n) is 1.91. The van der Waals surface area contributed by atoms with Crippen LogP contribution in [0.25, 0.3) is 0 Å². The summed E-state index contributed by atoms with van der Waals surface area (Å²) in [7, 11) is 0. The lowest BCUT2D eigenvalue weighted by molar-refractivity contribution is 0.612. The molecule has 1 fully saturated rings. The van der Waals surface area contributed by atoms with Crippen molar-refractivity contribution in [1.82, 2.24) is 9.55 Å². The molecule has 1 N–H and O–H groups in total. The zero-order chi connectivity index (χ0) is 11.7. The molecule has 0 aliphatic heterocycles. The van der Waals surface area contributed by atoms with Crippen LogP contribution in [0.15, 0.2) is 36.7 Å². The first kappa shape index (κ1) is 10.3. The summed E-state index contributed by atoms with van der Waals surface area (Å²) in [5, 5.41) is 3.18. The molecule has 0 saturated heterocycles. The number of halogens is 1. The third-order valence-electron chi connectivity index (χ3n) is 3.00. The number of hydrogen-bond acceptors (Lipinski definition) is 2. The minimum absolute atomic E-state index is 0.176. The summed E-state index contributed by atoms with van der Waals surface area (Å²) in [6, 6.07) is 7.38. The average Bonchev–Trinajstić information content (AvgIpc) is 3.08. The molecule has 3 nitrogen and oxygen atoms in total. The highest BCUT2D eigenvalue weighted by molar-refractivity contribution is 5.30. The molecule has 4 heteroatoms. The molecule has 3 rings (SSSR count). The van der Waals surface area contributed by atoms with E-state index in [4.69, 9.17) is 0 Å². The summed E-state index contributed by atoms with van der Waals surface area (Å²) >= 11 is 0. The maximum Gasteiger partial charge on any atom is 0.203 e. The molecule has 0 unspecified atom stereocenters. The summed E-state index contributed by atoms with van der Waals surface area (Å²) in [5.41, 5.74) is 0.665. The summed E-state index contributed by atoms with van der Waals surface area (Å²) in [4.78, 5) is 4.25. The molecule has 0 radical (unpaired) electrons. The minimum Gasteiger partial charge on any atom is -0.351 e. The largest absolute Gasteiger partial charge is 0.351 e. The molecule has 1 aromatic carbocycles. The van der Waals surface area contributed by atoms with Crippen molar-refractivity contribution in [3.05, 3.63) is 48.0 Å². The molecule has 0 spiro atoms. The quantitative estimate of drug-likeness (QED) is 0.876. The molecule has 1 aromatic heterocycles. The Morgan fingerprint density at radius 3 is 2.94 bits per heavy atom. The van der Waals surface area contributed by atoms with Gasteiger partial charge >= 0.3 is 0 Å². The van der Waals surface area contributed by atoms with E-state index in [2.05, 4.69) is 14.9 Å². The Bertz CT molecular complexity index is 517. The first-order valence-electron chi connectivity index (χ1n) is 5.85. The second-order valence-electron chi connectivity index (χ2n) is 4.33. The molecule has 0 bridgehead atoms. The lowest BCUT2D eigenvalue weighted by atomic mass is 10.2. The van der Waals surface area contributed by atoms with Crippen molar-refractivity contribution in [3.63, 3.8) is 0 Å². The predicted molar refractivity (Wildman–Crippen MR) is 64.2 cm³/mol. The number of imidazole rings is 1. The lowest BCUT2D eigenvalue weighted by Crippen LogP contribution is -2.07. The number of benzene rings is 1. The van der Waals surface area contributed by atoms with Gasteiger partial charge in [0.05, 0.1) is 0 Å². The van der Waals surface area contributed by atoms with E-state index >= 15 is 0 Å². The summed E-state index contributed by atoms with van der Waals surface area (Å²) in [6.45, 7) is 0.469. The number of nitrogens with zero attached hydrogens (tertiary/aromatic N) is 2. The van der Waals surface area contributed by atoms with E-state index in [0.717, 1.165) is 5.95 Å². The molecule has 17 heavy (non-hydrogen) atoms. The third kappa shape index (κ3) is 2.16. The Labute approximate surface area is 99.3 Å². The van der Waals surface area contributed by atoms with Crippen LogP contribution in [-0.2, 0) is 6.54 Å². The van der Waals surface area contributed by atoms with Crippen LogP contribution in [0.2, 0.25) is 0 Å². The normalized spacial score (nSPS) is 14.9. The Morgan fingerprint density at radius 1 is 1.35 bits per heavy atom.